The maximum atomic E-state index is 11.6. The van der Waals surface area contributed by atoms with Crippen LogP contribution in [0.2, 0.25) is 0 Å². The summed E-state index contributed by atoms with van der Waals surface area (Å²) in [6, 6.07) is 2.05. The Hall–Kier alpha value is -0.100. The molecule has 18 heavy (non-hydrogen) atoms. The van der Waals surface area contributed by atoms with Gasteiger partial charge in [0.15, 0.2) is 0 Å². The fourth-order valence-corrected chi connectivity index (χ4v) is 3.23. The Bertz CT molecular complexity index is 380. The molecular formula is C12H18BrClN2OS. The number of hydrogen-bond acceptors (Lipinski definition) is 3. The highest BCUT2D eigenvalue weighted by molar-refractivity contribution is 9.11. The Kier molecular flexibility index (Phi) is 7.22. The summed E-state index contributed by atoms with van der Waals surface area (Å²) in [7, 11) is 0. The van der Waals surface area contributed by atoms with E-state index in [2.05, 4.69) is 31.9 Å². The first-order chi connectivity index (χ1) is 8.24. The summed E-state index contributed by atoms with van der Waals surface area (Å²) in [5.74, 6) is 0.857. The normalized spacial score (nSPS) is 18.4. The van der Waals surface area contributed by atoms with Crippen molar-refractivity contribution in [2.75, 3.05) is 13.1 Å². The molecule has 0 saturated carbocycles. The molecule has 0 bridgehead atoms. The van der Waals surface area contributed by atoms with Gasteiger partial charge in [0.1, 0.15) is 0 Å². The molecule has 0 aliphatic carbocycles. The Morgan fingerprint density at radius 3 is 3.06 bits per heavy atom. The van der Waals surface area contributed by atoms with Crippen molar-refractivity contribution in [2.24, 2.45) is 5.92 Å². The third kappa shape index (κ3) is 5.26. The molecule has 0 spiro atoms. The van der Waals surface area contributed by atoms with Gasteiger partial charge in [0, 0.05) is 13.0 Å². The molecule has 1 amide bonds. The number of halogens is 2. The van der Waals surface area contributed by atoms with Crippen LogP contribution >= 0.6 is 39.7 Å². The van der Waals surface area contributed by atoms with Crippen molar-refractivity contribution in [3.8, 4) is 0 Å². The maximum absolute atomic E-state index is 11.6. The molecule has 1 saturated heterocycles. The molecular weight excluding hydrogens is 336 g/mol. The smallest absolute Gasteiger partial charge is 0.220 e. The zero-order chi connectivity index (χ0) is 12.1. The first kappa shape index (κ1) is 16.0. The molecule has 0 aromatic carbocycles. The summed E-state index contributed by atoms with van der Waals surface area (Å²) >= 11 is 5.06. The largest absolute Gasteiger partial charge is 0.352 e. The summed E-state index contributed by atoms with van der Waals surface area (Å²) in [5.41, 5.74) is 1.16. The lowest BCUT2D eigenvalue weighted by Gasteiger charge is -2.08. The molecule has 1 unspecified atom stereocenters. The van der Waals surface area contributed by atoms with E-state index in [9.17, 15) is 4.79 Å². The van der Waals surface area contributed by atoms with Crippen LogP contribution in [-0.2, 0) is 11.3 Å². The van der Waals surface area contributed by atoms with Crippen LogP contribution in [0.4, 0.5) is 0 Å². The first-order valence-corrected chi connectivity index (χ1v) is 7.61. The molecule has 1 aliphatic heterocycles. The molecule has 1 fully saturated rings. The zero-order valence-corrected chi connectivity index (χ0v) is 13.3. The minimum atomic E-state index is 0. The van der Waals surface area contributed by atoms with E-state index in [1.165, 1.54) is 6.42 Å². The summed E-state index contributed by atoms with van der Waals surface area (Å²) in [4.78, 5) is 11.6. The lowest BCUT2D eigenvalue weighted by Crippen LogP contribution is -2.23. The number of nitrogens with one attached hydrogen (secondary N) is 2. The number of amides is 1. The van der Waals surface area contributed by atoms with E-state index >= 15 is 0 Å². The summed E-state index contributed by atoms with van der Waals surface area (Å²) in [6.07, 6.45) is 2.87. The number of thiophene rings is 1. The lowest BCUT2D eigenvalue weighted by molar-refractivity contribution is -0.121. The van der Waals surface area contributed by atoms with Gasteiger partial charge in [-0.05, 0) is 64.8 Å². The second kappa shape index (κ2) is 8.15. The van der Waals surface area contributed by atoms with Gasteiger partial charge in [0.2, 0.25) is 5.91 Å². The van der Waals surface area contributed by atoms with Crippen molar-refractivity contribution in [1.29, 1.82) is 0 Å². The van der Waals surface area contributed by atoms with Crippen molar-refractivity contribution >= 4 is 45.6 Å². The van der Waals surface area contributed by atoms with Crippen LogP contribution < -0.4 is 10.6 Å². The number of hydrogen-bond donors (Lipinski definition) is 2. The molecule has 2 heterocycles. The van der Waals surface area contributed by atoms with E-state index in [4.69, 9.17) is 0 Å². The Balaban J connectivity index is 0.00000162. The SMILES string of the molecule is Cl.O=C(CCC1CCNC1)NCc1csc(Br)c1. The van der Waals surface area contributed by atoms with Crippen molar-refractivity contribution < 1.29 is 4.79 Å². The van der Waals surface area contributed by atoms with E-state index < -0.39 is 0 Å². The van der Waals surface area contributed by atoms with E-state index in [0.717, 1.165) is 28.9 Å². The van der Waals surface area contributed by atoms with Crippen LogP contribution in [0.15, 0.2) is 15.2 Å². The van der Waals surface area contributed by atoms with E-state index in [1.807, 2.05) is 6.07 Å². The minimum absolute atomic E-state index is 0. The molecule has 1 aliphatic rings. The highest BCUT2D eigenvalue weighted by Gasteiger charge is 2.15. The van der Waals surface area contributed by atoms with Crippen molar-refractivity contribution in [3.63, 3.8) is 0 Å². The van der Waals surface area contributed by atoms with Crippen LogP contribution in [0.3, 0.4) is 0 Å². The average molecular weight is 354 g/mol. The molecule has 1 atom stereocenters. The van der Waals surface area contributed by atoms with E-state index in [1.54, 1.807) is 11.3 Å². The van der Waals surface area contributed by atoms with Crippen LogP contribution in [0.5, 0.6) is 0 Å². The highest BCUT2D eigenvalue weighted by Crippen LogP contribution is 2.20. The molecule has 3 nitrogen and oxygen atoms in total. The molecule has 6 heteroatoms. The monoisotopic (exact) mass is 352 g/mol. The van der Waals surface area contributed by atoms with Gasteiger partial charge in [0.05, 0.1) is 3.79 Å². The van der Waals surface area contributed by atoms with Gasteiger partial charge in [-0.15, -0.1) is 23.7 Å². The molecule has 2 rings (SSSR count). The topological polar surface area (TPSA) is 41.1 Å². The Morgan fingerprint density at radius 2 is 2.44 bits per heavy atom. The second-order valence-corrected chi connectivity index (χ2v) is 6.72. The van der Waals surface area contributed by atoms with Gasteiger partial charge >= 0.3 is 0 Å². The first-order valence-electron chi connectivity index (χ1n) is 5.94. The van der Waals surface area contributed by atoms with Crippen LogP contribution in [0.1, 0.15) is 24.8 Å². The third-order valence-corrected chi connectivity index (χ3v) is 4.61. The Labute approximate surface area is 126 Å². The second-order valence-electron chi connectivity index (χ2n) is 4.43. The van der Waals surface area contributed by atoms with Gasteiger partial charge in [-0.2, -0.15) is 0 Å². The van der Waals surface area contributed by atoms with Gasteiger partial charge in [-0.3, -0.25) is 4.79 Å². The zero-order valence-electron chi connectivity index (χ0n) is 10.1. The molecule has 1 aromatic heterocycles. The summed E-state index contributed by atoms with van der Waals surface area (Å²) in [5, 5.41) is 8.34. The van der Waals surface area contributed by atoms with Crippen molar-refractivity contribution in [3.05, 3.63) is 20.8 Å². The lowest BCUT2D eigenvalue weighted by atomic mass is 10.0. The van der Waals surface area contributed by atoms with E-state index in [-0.39, 0.29) is 18.3 Å². The summed E-state index contributed by atoms with van der Waals surface area (Å²) < 4.78 is 1.11. The predicted molar refractivity (Wildman–Crippen MR) is 81.3 cm³/mol. The van der Waals surface area contributed by atoms with Gasteiger partial charge in [-0.1, -0.05) is 0 Å². The third-order valence-electron chi connectivity index (χ3n) is 3.05. The quantitative estimate of drug-likeness (QED) is 0.854. The molecule has 2 N–H and O–H groups in total. The molecule has 102 valence electrons. The Morgan fingerprint density at radius 1 is 1.61 bits per heavy atom. The van der Waals surface area contributed by atoms with Crippen LogP contribution in [-0.4, -0.2) is 19.0 Å². The number of carbonyl (C=O) groups is 1. The number of rotatable bonds is 5. The highest BCUT2D eigenvalue weighted by atomic mass is 79.9. The molecule has 0 radical (unpaired) electrons. The van der Waals surface area contributed by atoms with Gasteiger partial charge < -0.3 is 10.6 Å². The standard InChI is InChI=1S/C12H17BrN2OS.ClH/c13-11-5-10(8-17-11)7-15-12(16)2-1-9-3-4-14-6-9;/h5,8-9,14H,1-4,6-7H2,(H,15,16);1H. The maximum Gasteiger partial charge on any atom is 0.220 e. The van der Waals surface area contributed by atoms with Gasteiger partial charge in [-0.25, -0.2) is 0 Å². The fraction of sp³-hybridized carbons (Fsp3) is 0.583. The minimum Gasteiger partial charge on any atom is -0.352 e. The van der Waals surface area contributed by atoms with Crippen LogP contribution in [0, 0.1) is 5.92 Å². The predicted octanol–water partition coefficient (Wildman–Crippen LogP) is 2.94. The average Bonchev–Trinajstić information content (AvgIpc) is 2.95. The van der Waals surface area contributed by atoms with Crippen molar-refractivity contribution in [2.45, 2.75) is 25.8 Å². The molecule has 1 aromatic rings. The van der Waals surface area contributed by atoms with Crippen LogP contribution in [0.25, 0.3) is 0 Å². The summed E-state index contributed by atoms with van der Waals surface area (Å²) in [6.45, 7) is 2.82. The fourth-order valence-electron chi connectivity index (χ4n) is 2.02. The van der Waals surface area contributed by atoms with Crippen molar-refractivity contribution in [1.82, 2.24) is 10.6 Å². The number of carbonyl (C=O) groups excluding carboxylic acids is 1. The van der Waals surface area contributed by atoms with Gasteiger partial charge in [0.25, 0.3) is 0 Å². The van der Waals surface area contributed by atoms with E-state index in [0.29, 0.717) is 18.9 Å².